The lowest BCUT2D eigenvalue weighted by molar-refractivity contribution is -0.137. The molecule has 0 spiro atoms. The van der Waals surface area contributed by atoms with Crippen LogP contribution in [0.2, 0.25) is 0 Å². The Morgan fingerprint density at radius 3 is 2.28 bits per heavy atom. The molecule has 0 aliphatic carbocycles. The summed E-state index contributed by atoms with van der Waals surface area (Å²) in [6.45, 7) is 3.10. The van der Waals surface area contributed by atoms with Gasteiger partial charge in [-0.05, 0) is 19.4 Å². The Kier molecular flexibility index (Phi) is 2.73. The molecular formula is C14H15NO3. The summed E-state index contributed by atoms with van der Waals surface area (Å²) in [5.41, 5.74) is -0.247. The van der Waals surface area contributed by atoms with E-state index >= 15 is 0 Å². The zero-order valence-corrected chi connectivity index (χ0v) is 10.6. The molecule has 0 aromatic heterocycles. The van der Waals surface area contributed by atoms with Crippen molar-refractivity contribution in [3.05, 3.63) is 47.2 Å². The highest BCUT2D eigenvalue weighted by molar-refractivity contribution is 6.19. The van der Waals surface area contributed by atoms with E-state index in [-0.39, 0.29) is 17.2 Å². The van der Waals surface area contributed by atoms with Gasteiger partial charge >= 0.3 is 0 Å². The average molecular weight is 245 g/mol. The van der Waals surface area contributed by atoms with Gasteiger partial charge in [-0.25, -0.2) is 0 Å². The van der Waals surface area contributed by atoms with Gasteiger partial charge in [0, 0.05) is 7.05 Å². The van der Waals surface area contributed by atoms with Gasteiger partial charge in [-0.3, -0.25) is 14.5 Å². The molecule has 4 nitrogen and oxygen atoms in total. The first-order valence-corrected chi connectivity index (χ1v) is 5.69. The third-order valence-corrected chi connectivity index (χ3v) is 3.46. The van der Waals surface area contributed by atoms with Crippen LogP contribution in [0.3, 0.4) is 0 Å². The molecule has 0 unspecified atom stereocenters. The SMILES string of the molecule is C/C(O)=C1\C(=O)N(C)C(=O)[C@]1(C)c1ccccc1. The summed E-state index contributed by atoms with van der Waals surface area (Å²) < 4.78 is 0. The fraction of sp³-hybridized carbons (Fsp3) is 0.286. The minimum Gasteiger partial charge on any atom is -0.512 e. The predicted octanol–water partition coefficient (Wildman–Crippen LogP) is 1.77. The van der Waals surface area contributed by atoms with Crippen LogP contribution in [-0.4, -0.2) is 28.9 Å². The largest absolute Gasteiger partial charge is 0.512 e. The number of carbonyl (C=O) groups is 2. The second kappa shape index (κ2) is 3.98. The molecule has 4 heteroatoms. The molecule has 1 aromatic rings. The zero-order valence-electron chi connectivity index (χ0n) is 10.6. The smallest absolute Gasteiger partial charge is 0.260 e. The number of nitrogens with zero attached hydrogens (tertiary/aromatic N) is 1. The molecule has 1 aliphatic rings. The molecule has 0 bridgehead atoms. The average Bonchev–Trinajstić information content (AvgIpc) is 2.53. The van der Waals surface area contributed by atoms with Gasteiger partial charge in [-0.1, -0.05) is 30.3 Å². The molecule has 1 atom stereocenters. The van der Waals surface area contributed by atoms with Crippen LogP contribution in [0.15, 0.2) is 41.7 Å². The van der Waals surface area contributed by atoms with Crippen LogP contribution in [-0.2, 0) is 15.0 Å². The first-order valence-electron chi connectivity index (χ1n) is 5.69. The summed E-state index contributed by atoms with van der Waals surface area (Å²) in [5, 5.41) is 9.73. The highest BCUT2D eigenvalue weighted by Crippen LogP contribution is 2.41. The number of amides is 2. The Morgan fingerprint density at radius 1 is 1.22 bits per heavy atom. The monoisotopic (exact) mass is 245 g/mol. The van der Waals surface area contributed by atoms with Crippen molar-refractivity contribution in [1.29, 1.82) is 0 Å². The number of aliphatic hydroxyl groups is 1. The van der Waals surface area contributed by atoms with Crippen molar-refractivity contribution >= 4 is 11.8 Å². The molecule has 1 fully saturated rings. The maximum Gasteiger partial charge on any atom is 0.260 e. The Balaban J connectivity index is 2.71. The van der Waals surface area contributed by atoms with Crippen LogP contribution >= 0.6 is 0 Å². The van der Waals surface area contributed by atoms with Crippen LogP contribution in [0.1, 0.15) is 19.4 Å². The second-order valence-corrected chi connectivity index (χ2v) is 4.62. The number of benzene rings is 1. The number of imide groups is 1. The molecule has 2 amide bonds. The number of likely N-dealkylation sites (N-methyl/N-ethyl adjacent to an activating group) is 1. The van der Waals surface area contributed by atoms with Crippen molar-refractivity contribution in [2.24, 2.45) is 0 Å². The van der Waals surface area contributed by atoms with E-state index in [4.69, 9.17) is 0 Å². The number of hydrogen-bond donors (Lipinski definition) is 1. The van der Waals surface area contributed by atoms with Crippen LogP contribution in [0, 0.1) is 0 Å². The summed E-state index contributed by atoms with van der Waals surface area (Å²) in [4.78, 5) is 25.4. The minimum atomic E-state index is -1.11. The normalized spacial score (nSPS) is 26.7. The van der Waals surface area contributed by atoms with Crippen LogP contribution in [0.4, 0.5) is 0 Å². The first kappa shape index (κ1) is 12.4. The summed E-state index contributed by atoms with van der Waals surface area (Å²) in [6, 6.07) is 9.02. The van der Waals surface area contributed by atoms with Crippen molar-refractivity contribution in [3.8, 4) is 0 Å². The van der Waals surface area contributed by atoms with Gasteiger partial charge in [0.25, 0.3) is 5.91 Å². The highest BCUT2D eigenvalue weighted by Gasteiger charge is 2.53. The van der Waals surface area contributed by atoms with Gasteiger partial charge in [0.05, 0.1) is 11.3 Å². The van der Waals surface area contributed by atoms with Gasteiger partial charge in [0.1, 0.15) is 5.41 Å². The van der Waals surface area contributed by atoms with E-state index in [0.717, 1.165) is 4.90 Å². The summed E-state index contributed by atoms with van der Waals surface area (Å²) in [5.74, 6) is -0.863. The third kappa shape index (κ3) is 1.45. The maximum atomic E-state index is 12.3. The van der Waals surface area contributed by atoms with Crippen molar-refractivity contribution in [2.45, 2.75) is 19.3 Å². The molecule has 1 saturated heterocycles. The molecule has 1 N–H and O–H groups in total. The van der Waals surface area contributed by atoms with Crippen molar-refractivity contribution in [3.63, 3.8) is 0 Å². The molecule has 0 saturated carbocycles. The van der Waals surface area contributed by atoms with Crippen LogP contribution < -0.4 is 0 Å². The molecule has 94 valence electrons. The van der Waals surface area contributed by atoms with Gasteiger partial charge < -0.3 is 5.11 Å². The van der Waals surface area contributed by atoms with E-state index in [1.165, 1.54) is 14.0 Å². The topological polar surface area (TPSA) is 57.6 Å². The Bertz CT molecular complexity index is 543. The molecule has 1 heterocycles. The molecule has 18 heavy (non-hydrogen) atoms. The van der Waals surface area contributed by atoms with Crippen molar-refractivity contribution in [2.75, 3.05) is 7.05 Å². The van der Waals surface area contributed by atoms with Gasteiger partial charge in [0.15, 0.2) is 0 Å². The van der Waals surface area contributed by atoms with Crippen LogP contribution in [0.5, 0.6) is 0 Å². The quantitative estimate of drug-likeness (QED) is 0.466. The molecule has 0 radical (unpaired) electrons. The summed E-state index contributed by atoms with van der Waals surface area (Å²) in [6.07, 6.45) is 0. The number of allylic oxidation sites excluding steroid dienone is 1. The van der Waals surface area contributed by atoms with E-state index in [2.05, 4.69) is 0 Å². The summed E-state index contributed by atoms with van der Waals surface area (Å²) >= 11 is 0. The van der Waals surface area contributed by atoms with Crippen LogP contribution in [0.25, 0.3) is 0 Å². The summed E-state index contributed by atoms with van der Waals surface area (Å²) in [7, 11) is 1.43. The van der Waals surface area contributed by atoms with Crippen molar-refractivity contribution in [1.82, 2.24) is 4.90 Å². The van der Waals surface area contributed by atoms with E-state index in [1.807, 2.05) is 6.07 Å². The Labute approximate surface area is 106 Å². The number of likely N-dealkylation sites (tertiary alicyclic amines) is 1. The minimum absolute atomic E-state index is 0.107. The molecule has 1 aromatic carbocycles. The standard InChI is InChI=1S/C14H15NO3/c1-9(16)11-12(17)15(3)13(18)14(11,2)10-7-5-4-6-8-10/h4-8,16H,1-3H3/b11-9-/t14-/m1/s1. The molecular weight excluding hydrogens is 230 g/mol. The lowest BCUT2D eigenvalue weighted by atomic mass is 9.77. The van der Waals surface area contributed by atoms with Crippen molar-refractivity contribution < 1.29 is 14.7 Å². The lowest BCUT2D eigenvalue weighted by Gasteiger charge is -2.23. The van der Waals surface area contributed by atoms with Gasteiger partial charge in [-0.15, -0.1) is 0 Å². The Morgan fingerprint density at radius 2 is 1.78 bits per heavy atom. The predicted molar refractivity (Wildman–Crippen MR) is 66.9 cm³/mol. The van der Waals surface area contributed by atoms with E-state index in [9.17, 15) is 14.7 Å². The van der Waals surface area contributed by atoms with Gasteiger partial charge in [-0.2, -0.15) is 0 Å². The highest BCUT2D eigenvalue weighted by atomic mass is 16.3. The fourth-order valence-electron chi connectivity index (χ4n) is 2.47. The molecule has 1 aliphatic heterocycles. The van der Waals surface area contributed by atoms with E-state index in [1.54, 1.807) is 31.2 Å². The zero-order chi connectivity index (χ0) is 13.5. The number of rotatable bonds is 1. The fourth-order valence-corrected chi connectivity index (χ4v) is 2.47. The van der Waals surface area contributed by atoms with Gasteiger partial charge in [0.2, 0.25) is 5.91 Å². The molecule has 2 rings (SSSR count). The first-order chi connectivity index (χ1) is 8.40. The number of aliphatic hydroxyl groups excluding tert-OH is 1. The number of carbonyl (C=O) groups excluding carboxylic acids is 2. The number of hydrogen-bond acceptors (Lipinski definition) is 3. The lowest BCUT2D eigenvalue weighted by Crippen LogP contribution is -2.34. The second-order valence-electron chi connectivity index (χ2n) is 4.62. The maximum absolute atomic E-state index is 12.3. The van der Waals surface area contributed by atoms with E-state index < -0.39 is 11.3 Å². The van der Waals surface area contributed by atoms with E-state index in [0.29, 0.717) is 5.56 Å². The third-order valence-electron chi connectivity index (χ3n) is 3.46. The Hall–Kier alpha value is -2.10.